The lowest BCUT2D eigenvalue weighted by Gasteiger charge is -2.34. The van der Waals surface area contributed by atoms with Crippen LogP contribution < -0.4 is 4.90 Å². The van der Waals surface area contributed by atoms with Crippen LogP contribution in [-0.4, -0.2) is 42.4 Å². The van der Waals surface area contributed by atoms with E-state index in [9.17, 15) is 14.4 Å². The van der Waals surface area contributed by atoms with Gasteiger partial charge in [0.05, 0.1) is 30.3 Å². The van der Waals surface area contributed by atoms with Crippen molar-refractivity contribution in [3.8, 4) is 6.07 Å². The summed E-state index contributed by atoms with van der Waals surface area (Å²) in [6.45, 7) is 3.77. The second kappa shape index (κ2) is 12.2. The first-order valence-electron chi connectivity index (χ1n) is 12.2. The van der Waals surface area contributed by atoms with Crippen molar-refractivity contribution in [2.75, 3.05) is 18.6 Å². The first-order valence-corrected chi connectivity index (χ1v) is 12.2. The van der Waals surface area contributed by atoms with Crippen molar-refractivity contribution < 1.29 is 19.1 Å². The lowest BCUT2D eigenvalue weighted by Crippen LogP contribution is -2.46. The first kappa shape index (κ1) is 26.0. The number of ether oxygens (including phenoxy) is 1. The first-order chi connectivity index (χ1) is 16.9. The number of fused-ring (bicyclic) bond motifs is 1. The van der Waals surface area contributed by atoms with E-state index in [4.69, 9.17) is 10.00 Å². The second-order valence-electron chi connectivity index (χ2n) is 8.85. The molecule has 2 atom stereocenters. The van der Waals surface area contributed by atoms with Crippen LogP contribution in [0, 0.1) is 11.3 Å². The van der Waals surface area contributed by atoms with Gasteiger partial charge in [-0.25, -0.2) is 0 Å². The Morgan fingerprint density at radius 3 is 2.54 bits per heavy atom. The number of hydrogen-bond acceptors (Lipinski definition) is 5. The Kier molecular flexibility index (Phi) is 9.02. The summed E-state index contributed by atoms with van der Waals surface area (Å²) in [5, 5.41) is 8.72. The van der Waals surface area contributed by atoms with Crippen LogP contribution in [0.25, 0.3) is 0 Å². The zero-order valence-electron chi connectivity index (χ0n) is 20.7. The summed E-state index contributed by atoms with van der Waals surface area (Å²) < 4.78 is 5.13. The predicted octanol–water partition coefficient (Wildman–Crippen LogP) is 4.81. The van der Waals surface area contributed by atoms with E-state index in [1.54, 1.807) is 25.8 Å². The molecule has 0 fully saturated rings. The summed E-state index contributed by atoms with van der Waals surface area (Å²) >= 11 is 0. The van der Waals surface area contributed by atoms with Crippen LogP contribution in [0.5, 0.6) is 0 Å². The Bertz CT molecular complexity index is 1090. The minimum atomic E-state index is -0.861. The molecule has 2 aromatic rings. The van der Waals surface area contributed by atoms with E-state index in [1.807, 2.05) is 48.5 Å². The number of unbranched alkanes of at least 4 members (excludes halogenated alkanes) is 3. The zero-order valence-corrected chi connectivity index (χ0v) is 20.7. The van der Waals surface area contributed by atoms with Crippen LogP contribution in [0.4, 0.5) is 5.69 Å². The molecule has 184 valence electrons. The maximum Gasteiger partial charge on any atom is 0.307 e. The average Bonchev–Trinajstić information content (AvgIpc) is 2.93. The molecule has 0 saturated heterocycles. The quantitative estimate of drug-likeness (QED) is 0.363. The number of esters is 1. The summed E-state index contributed by atoms with van der Waals surface area (Å²) in [6, 6.07) is 15.6. The van der Waals surface area contributed by atoms with E-state index in [1.165, 1.54) is 4.90 Å². The van der Waals surface area contributed by atoms with Crippen LogP contribution in [0.2, 0.25) is 0 Å². The Hall–Kier alpha value is -3.66. The van der Waals surface area contributed by atoms with Crippen LogP contribution in [-0.2, 0) is 20.7 Å². The predicted molar refractivity (Wildman–Crippen MR) is 134 cm³/mol. The molecule has 2 amide bonds. The molecule has 35 heavy (non-hydrogen) atoms. The Labute approximate surface area is 207 Å². The second-order valence-corrected chi connectivity index (χ2v) is 8.85. The molecule has 0 radical (unpaired) electrons. The SMILES string of the molecule is CCOC(=O)CC(C)N1C(=O)c2cc(CCCCCC#N)ccc2N(C)C(=O)C1c1ccccc1. The average molecular weight is 476 g/mol. The fraction of sp³-hybridized carbons (Fsp3) is 0.429. The Balaban J connectivity index is 2.00. The molecule has 3 rings (SSSR count). The number of likely N-dealkylation sites (N-methyl/N-ethyl adjacent to an activating group) is 1. The summed E-state index contributed by atoms with van der Waals surface area (Å²) in [6.07, 6.45) is 4.03. The normalized spacial score (nSPS) is 16.3. The lowest BCUT2D eigenvalue weighted by atomic mass is 9.99. The third-order valence-electron chi connectivity index (χ3n) is 6.34. The lowest BCUT2D eigenvalue weighted by molar-refractivity contribution is -0.144. The molecule has 0 aliphatic carbocycles. The summed E-state index contributed by atoms with van der Waals surface area (Å²) in [5.41, 5.74) is 2.70. The standard InChI is InChI=1S/C28H33N3O4/c1-4-35-25(32)18-20(2)31-26(22-13-9-7-10-14-22)28(34)30(3)24-16-15-21(19-23(24)27(31)33)12-8-5-6-11-17-29/h7,9-10,13-16,19-20,26H,4-6,8,11-12,18H2,1-3H3. The molecule has 0 aromatic heterocycles. The van der Waals surface area contributed by atoms with E-state index in [2.05, 4.69) is 6.07 Å². The number of nitriles is 1. The van der Waals surface area contributed by atoms with Crippen molar-refractivity contribution in [1.29, 1.82) is 5.26 Å². The Morgan fingerprint density at radius 2 is 1.86 bits per heavy atom. The van der Waals surface area contributed by atoms with Crippen molar-refractivity contribution in [1.82, 2.24) is 4.90 Å². The molecule has 7 nitrogen and oxygen atoms in total. The smallest absolute Gasteiger partial charge is 0.307 e. The van der Waals surface area contributed by atoms with E-state index in [0.29, 0.717) is 23.2 Å². The minimum Gasteiger partial charge on any atom is -0.466 e. The number of carbonyl (C=O) groups excluding carboxylic acids is 3. The van der Waals surface area contributed by atoms with Gasteiger partial charge in [-0.2, -0.15) is 5.26 Å². The maximum atomic E-state index is 14.0. The highest BCUT2D eigenvalue weighted by Gasteiger charge is 2.42. The molecule has 1 aliphatic rings. The fourth-order valence-electron chi connectivity index (χ4n) is 4.54. The van der Waals surface area contributed by atoms with E-state index in [-0.39, 0.29) is 24.8 Å². The van der Waals surface area contributed by atoms with Gasteiger partial charge < -0.3 is 14.5 Å². The molecular formula is C28H33N3O4. The molecule has 7 heteroatoms. The summed E-state index contributed by atoms with van der Waals surface area (Å²) in [4.78, 5) is 43.1. The number of benzene rings is 2. The molecule has 0 spiro atoms. The zero-order chi connectivity index (χ0) is 25.4. The van der Waals surface area contributed by atoms with Gasteiger partial charge in [-0.05, 0) is 56.4 Å². The highest BCUT2D eigenvalue weighted by Crippen LogP contribution is 2.36. The molecule has 2 aromatic carbocycles. The van der Waals surface area contributed by atoms with Crippen molar-refractivity contribution >= 4 is 23.5 Å². The van der Waals surface area contributed by atoms with Gasteiger partial charge in [0.1, 0.15) is 6.04 Å². The van der Waals surface area contributed by atoms with Gasteiger partial charge in [-0.15, -0.1) is 0 Å². The number of rotatable bonds is 10. The number of aryl methyl sites for hydroxylation is 1. The number of nitrogens with zero attached hydrogens (tertiary/aromatic N) is 3. The molecule has 0 saturated carbocycles. The van der Waals surface area contributed by atoms with Crippen molar-refractivity contribution in [3.63, 3.8) is 0 Å². The van der Waals surface area contributed by atoms with Crippen LogP contribution >= 0.6 is 0 Å². The largest absolute Gasteiger partial charge is 0.466 e. The highest BCUT2D eigenvalue weighted by molar-refractivity contribution is 6.11. The molecule has 1 heterocycles. The van der Waals surface area contributed by atoms with E-state index >= 15 is 0 Å². The van der Waals surface area contributed by atoms with Crippen molar-refractivity contribution in [3.05, 3.63) is 65.2 Å². The van der Waals surface area contributed by atoms with Crippen LogP contribution in [0.3, 0.4) is 0 Å². The molecule has 0 N–H and O–H groups in total. The molecular weight excluding hydrogens is 442 g/mol. The van der Waals surface area contributed by atoms with Gasteiger partial charge >= 0.3 is 5.97 Å². The van der Waals surface area contributed by atoms with E-state index in [0.717, 1.165) is 31.2 Å². The third-order valence-corrected chi connectivity index (χ3v) is 6.34. The number of carbonyl (C=O) groups is 3. The van der Waals surface area contributed by atoms with Gasteiger partial charge in [0.25, 0.3) is 11.8 Å². The maximum absolute atomic E-state index is 14.0. The number of amides is 2. The van der Waals surface area contributed by atoms with Gasteiger partial charge in [0.2, 0.25) is 0 Å². The molecule has 1 aliphatic heterocycles. The molecule has 0 bridgehead atoms. The Morgan fingerprint density at radius 1 is 1.11 bits per heavy atom. The van der Waals surface area contributed by atoms with Crippen LogP contribution in [0.15, 0.2) is 48.5 Å². The minimum absolute atomic E-state index is 0.00613. The third kappa shape index (κ3) is 6.07. The monoisotopic (exact) mass is 475 g/mol. The topological polar surface area (TPSA) is 90.7 Å². The van der Waals surface area contributed by atoms with Crippen LogP contribution in [0.1, 0.15) is 73.5 Å². The fourth-order valence-corrected chi connectivity index (χ4v) is 4.54. The van der Waals surface area contributed by atoms with E-state index < -0.39 is 18.1 Å². The molecule has 2 unspecified atom stereocenters. The number of anilines is 1. The van der Waals surface area contributed by atoms with Gasteiger partial charge in [0, 0.05) is 19.5 Å². The summed E-state index contributed by atoms with van der Waals surface area (Å²) in [7, 11) is 1.69. The number of hydrogen-bond donors (Lipinski definition) is 0. The van der Waals surface area contributed by atoms with Crippen molar-refractivity contribution in [2.45, 2.75) is 64.5 Å². The highest BCUT2D eigenvalue weighted by atomic mass is 16.5. The van der Waals surface area contributed by atoms with Gasteiger partial charge in [0.15, 0.2) is 0 Å². The van der Waals surface area contributed by atoms with Crippen molar-refractivity contribution in [2.24, 2.45) is 0 Å². The van der Waals surface area contributed by atoms with Gasteiger partial charge in [-0.3, -0.25) is 14.4 Å². The summed E-state index contributed by atoms with van der Waals surface area (Å²) in [5.74, 6) is -0.922. The van der Waals surface area contributed by atoms with Gasteiger partial charge in [-0.1, -0.05) is 42.8 Å².